The molecule has 1 rings (SSSR count). The summed E-state index contributed by atoms with van der Waals surface area (Å²) >= 11 is 6.01. The van der Waals surface area contributed by atoms with Crippen molar-refractivity contribution in [3.05, 3.63) is 28.8 Å². The Hall–Kier alpha value is -1.06. The fourth-order valence-corrected chi connectivity index (χ4v) is 1.92. The predicted octanol–water partition coefficient (Wildman–Crippen LogP) is 2.41. The van der Waals surface area contributed by atoms with Gasteiger partial charge in [0.2, 0.25) is 0 Å². The van der Waals surface area contributed by atoms with Crippen molar-refractivity contribution in [3.8, 4) is 5.75 Å². The van der Waals surface area contributed by atoms with Crippen LogP contribution < -0.4 is 10.1 Å². The van der Waals surface area contributed by atoms with Crippen LogP contribution in [0.2, 0.25) is 5.02 Å². The Morgan fingerprint density at radius 1 is 1.47 bits per heavy atom. The maximum Gasteiger partial charge on any atom is 0.133 e. The van der Waals surface area contributed by atoms with Crippen molar-refractivity contribution in [1.82, 2.24) is 5.32 Å². The Labute approximate surface area is 107 Å². The average molecular weight is 256 g/mol. The van der Waals surface area contributed by atoms with E-state index in [1.54, 1.807) is 13.2 Å². The summed E-state index contributed by atoms with van der Waals surface area (Å²) in [5.41, 5.74) is 0.880. The van der Waals surface area contributed by atoms with E-state index in [2.05, 4.69) is 19.2 Å². The minimum atomic E-state index is -0.154. The van der Waals surface area contributed by atoms with Gasteiger partial charge in [0.25, 0.3) is 0 Å². The molecule has 0 aliphatic heterocycles. The van der Waals surface area contributed by atoms with Gasteiger partial charge in [0.15, 0.2) is 0 Å². The molecule has 0 saturated heterocycles. The molecule has 94 valence electrons. The molecule has 0 aromatic heterocycles. The fraction of sp³-hybridized carbons (Fsp3) is 0.462. The van der Waals surface area contributed by atoms with Crippen LogP contribution >= 0.6 is 11.6 Å². The first kappa shape index (κ1) is 14.0. The second kappa shape index (κ2) is 6.03. The number of ether oxygens (including phenoxy) is 1. The first-order valence-corrected chi connectivity index (χ1v) is 5.87. The van der Waals surface area contributed by atoms with Gasteiger partial charge in [0, 0.05) is 22.5 Å². The molecule has 0 heterocycles. The van der Waals surface area contributed by atoms with Crippen LogP contribution in [0.4, 0.5) is 0 Å². The molecule has 17 heavy (non-hydrogen) atoms. The van der Waals surface area contributed by atoms with Gasteiger partial charge in [-0.15, -0.1) is 0 Å². The quantitative estimate of drug-likeness (QED) is 0.627. The van der Waals surface area contributed by atoms with Gasteiger partial charge in [0.1, 0.15) is 12.0 Å². The zero-order chi connectivity index (χ0) is 12.9. The number of rotatable bonds is 6. The Morgan fingerprint density at radius 3 is 2.76 bits per heavy atom. The average Bonchev–Trinajstić information content (AvgIpc) is 2.29. The minimum Gasteiger partial charge on any atom is -0.496 e. The van der Waals surface area contributed by atoms with Crippen LogP contribution in [0.5, 0.6) is 5.75 Å². The fourth-order valence-electron chi connectivity index (χ4n) is 1.75. The zero-order valence-corrected chi connectivity index (χ0v) is 11.2. The highest BCUT2D eigenvalue weighted by Gasteiger charge is 2.24. The number of hydrogen-bond donors (Lipinski definition) is 1. The van der Waals surface area contributed by atoms with Crippen molar-refractivity contribution in [2.75, 3.05) is 20.2 Å². The van der Waals surface area contributed by atoms with Crippen molar-refractivity contribution in [3.63, 3.8) is 0 Å². The molecule has 1 aromatic rings. The number of carbonyl (C=O) groups excluding carboxylic acids is 1. The van der Waals surface area contributed by atoms with Crippen LogP contribution in [-0.4, -0.2) is 26.5 Å². The van der Waals surface area contributed by atoms with E-state index in [0.29, 0.717) is 18.1 Å². The van der Waals surface area contributed by atoms with Crippen molar-refractivity contribution < 1.29 is 9.53 Å². The zero-order valence-electron chi connectivity index (χ0n) is 10.4. The van der Waals surface area contributed by atoms with Gasteiger partial charge in [-0.05, 0) is 18.2 Å². The number of halogens is 1. The van der Waals surface area contributed by atoms with E-state index in [4.69, 9.17) is 16.3 Å². The topological polar surface area (TPSA) is 38.3 Å². The highest BCUT2D eigenvalue weighted by Crippen LogP contribution is 2.33. The molecule has 1 aromatic carbocycles. The van der Waals surface area contributed by atoms with Crippen molar-refractivity contribution >= 4 is 17.9 Å². The Kier molecular flexibility index (Phi) is 4.97. The van der Waals surface area contributed by atoms with Crippen molar-refractivity contribution in [2.24, 2.45) is 0 Å². The minimum absolute atomic E-state index is 0.154. The van der Waals surface area contributed by atoms with Crippen molar-refractivity contribution in [1.29, 1.82) is 0 Å². The number of benzene rings is 1. The van der Waals surface area contributed by atoms with Gasteiger partial charge in [-0.3, -0.25) is 0 Å². The standard InChI is InChI=1S/C13H18ClNO2/c1-13(2,9-15-6-7-16)11-8-10(14)4-5-12(11)17-3/h4-5,7-8,15H,6,9H2,1-3H3. The number of methoxy groups -OCH3 is 1. The van der Waals surface area contributed by atoms with Crippen LogP contribution in [0.25, 0.3) is 0 Å². The largest absolute Gasteiger partial charge is 0.496 e. The SMILES string of the molecule is COc1ccc(Cl)cc1C(C)(C)CNCC=O. The molecular formula is C13H18ClNO2. The number of carbonyl (C=O) groups is 1. The Balaban J connectivity index is 2.95. The number of hydrogen-bond acceptors (Lipinski definition) is 3. The second-order valence-corrected chi connectivity index (χ2v) is 4.96. The summed E-state index contributed by atoms with van der Waals surface area (Å²) in [6.45, 7) is 5.20. The normalized spacial score (nSPS) is 11.3. The molecule has 0 amide bonds. The van der Waals surface area contributed by atoms with E-state index in [1.165, 1.54) is 0 Å². The lowest BCUT2D eigenvalue weighted by Crippen LogP contribution is -2.34. The van der Waals surface area contributed by atoms with Crippen molar-refractivity contribution in [2.45, 2.75) is 19.3 Å². The molecule has 0 atom stereocenters. The molecule has 3 nitrogen and oxygen atoms in total. The van der Waals surface area contributed by atoms with E-state index in [9.17, 15) is 4.79 Å². The number of aldehydes is 1. The van der Waals surface area contributed by atoms with Gasteiger partial charge in [0.05, 0.1) is 13.7 Å². The Bertz CT molecular complexity index is 391. The second-order valence-electron chi connectivity index (χ2n) is 4.53. The summed E-state index contributed by atoms with van der Waals surface area (Å²) in [4.78, 5) is 10.3. The highest BCUT2D eigenvalue weighted by molar-refractivity contribution is 6.30. The highest BCUT2D eigenvalue weighted by atomic mass is 35.5. The van der Waals surface area contributed by atoms with Gasteiger partial charge >= 0.3 is 0 Å². The molecule has 0 radical (unpaired) electrons. The van der Waals surface area contributed by atoms with Gasteiger partial charge in [-0.1, -0.05) is 25.4 Å². The molecule has 0 fully saturated rings. The van der Waals surface area contributed by atoms with E-state index in [1.807, 2.05) is 12.1 Å². The van der Waals surface area contributed by atoms with Gasteiger partial charge < -0.3 is 14.8 Å². The van der Waals surface area contributed by atoms with E-state index < -0.39 is 0 Å². The lowest BCUT2D eigenvalue weighted by molar-refractivity contribution is -0.107. The number of nitrogens with one attached hydrogen (secondary N) is 1. The molecule has 0 spiro atoms. The lowest BCUT2D eigenvalue weighted by Gasteiger charge is -2.27. The maximum absolute atomic E-state index is 10.3. The van der Waals surface area contributed by atoms with Crippen LogP contribution in [0.3, 0.4) is 0 Å². The van der Waals surface area contributed by atoms with E-state index in [0.717, 1.165) is 17.6 Å². The maximum atomic E-state index is 10.3. The molecule has 0 aliphatic rings. The third kappa shape index (κ3) is 3.72. The molecule has 4 heteroatoms. The van der Waals surface area contributed by atoms with Crippen LogP contribution in [-0.2, 0) is 10.2 Å². The van der Waals surface area contributed by atoms with E-state index in [-0.39, 0.29) is 5.41 Å². The third-order valence-corrected chi connectivity index (χ3v) is 2.92. The first-order valence-electron chi connectivity index (χ1n) is 5.49. The molecule has 0 unspecified atom stereocenters. The summed E-state index contributed by atoms with van der Waals surface area (Å²) in [7, 11) is 1.64. The molecule has 0 saturated carbocycles. The molecule has 0 bridgehead atoms. The van der Waals surface area contributed by atoms with Gasteiger partial charge in [-0.25, -0.2) is 0 Å². The summed E-state index contributed by atoms with van der Waals surface area (Å²) < 4.78 is 5.34. The Morgan fingerprint density at radius 2 is 2.18 bits per heavy atom. The molecular weight excluding hydrogens is 238 g/mol. The summed E-state index contributed by atoms with van der Waals surface area (Å²) in [5, 5.41) is 3.76. The molecule has 0 aliphatic carbocycles. The first-order chi connectivity index (χ1) is 8.01. The lowest BCUT2D eigenvalue weighted by atomic mass is 9.84. The smallest absolute Gasteiger partial charge is 0.133 e. The molecule has 1 N–H and O–H groups in total. The van der Waals surface area contributed by atoms with Gasteiger partial charge in [-0.2, -0.15) is 0 Å². The summed E-state index contributed by atoms with van der Waals surface area (Å²) in [6.07, 6.45) is 0.852. The van der Waals surface area contributed by atoms with Crippen LogP contribution in [0, 0.1) is 0 Å². The monoisotopic (exact) mass is 255 g/mol. The third-order valence-electron chi connectivity index (χ3n) is 2.69. The summed E-state index contributed by atoms with van der Waals surface area (Å²) in [5.74, 6) is 0.812. The van der Waals surface area contributed by atoms with Crippen LogP contribution in [0.1, 0.15) is 19.4 Å². The predicted molar refractivity (Wildman–Crippen MR) is 70.0 cm³/mol. The van der Waals surface area contributed by atoms with E-state index >= 15 is 0 Å². The summed E-state index contributed by atoms with van der Waals surface area (Å²) in [6, 6.07) is 5.57. The van der Waals surface area contributed by atoms with Crippen LogP contribution in [0.15, 0.2) is 18.2 Å².